The van der Waals surface area contributed by atoms with E-state index < -0.39 is 41.6 Å². The van der Waals surface area contributed by atoms with Gasteiger partial charge < -0.3 is 24.4 Å². The van der Waals surface area contributed by atoms with Crippen molar-refractivity contribution in [2.75, 3.05) is 13.7 Å². The summed E-state index contributed by atoms with van der Waals surface area (Å²) in [6.45, 7) is 5.93. The van der Waals surface area contributed by atoms with Crippen molar-refractivity contribution < 1.29 is 28.6 Å². The number of rotatable bonds is 1. The van der Waals surface area contributed by atoms with Gasteiger partial charge in [-0.25, -0.2) is 9.59 Å². The molecule has 2 saturated carbocycles. The van der Waals surface area contributed by atoms with Crippen molar-refractivity contribution >= 4 is 28.9 Å². The number of nitriles is 1. The minimum Gasteiger partial charge on any atom is -0.467 e. The van der Waals surface area contributed by atoms with Gasteiger partial charge in [-0.2, -0.15) is 10.2 Å². The van der Waals surface area contributed by atoms with Gasteiger partial charge in [-0.05, 0) is 67.1 Å². The van der Waals surface area contributed by atoms with E-state index in [-0.39, 0.29) is 36.6 Å². The van der Waals surface area contributed by atoms with E-state index in [1.165, 1.54) is 16.6 Å². The summed E-state index contributed by atoms with van der Waals surface area (Å²) in [6, 6.07) is 4.97. The maximum Gasteiger partial charge on any atom is 0.408 e. The van der Waals surface area contributed by atoms with Crippen LogP contribution in [0.15, 0.2) is 23.0 Å². The van der Waals surface area contributed by atoms with Crippen LogP contribution in [0.5, 0.6) is 6.01 Å². The topological polar surface area (TPSA) is 153 Å². The van der Waals surface area contributed by atoms with Gasteiger partial charge in [-0.15, -0.1) is 0 Å². The highest BCUT2D eigenvalue weighted by Gasteiger charge is 2.54. The number of hydrogen-bond donors (Lipinski definition) is 1. The molecule has 7 atom stereocenters. The summed E-state index contributed by atoms with van der Waals surface area (Å²) in [5, 5.41) is 12.6. The first-order chi connectivity index (χ1) is 21.5. The molecule has 0 radical (unpaired) electrons. The lowest BCUT2D eigenvalue weighted by atomic mass is 9.85. The molecule has 1 saturated heterocycles. The maximum absolute atomic E-state index is 14.1. The fourth-order valence-corrected chi connectivity index (χ4v) is 7.47. The van der Waals surface area contributed by atoms with Crippen LogP contribution in [-0.2, 0) is 25.6 Å². The Balaban J connectivity index is 1.37. The number of hydrogen-bond acceptors (Lipinski definition) is 9. The van der Waals surface area contributed by atoms with Crippen LogP contribution in [-0.4, -0.2) is 70.4 Å². The average molecular weight is 620 g/mol. The first kappa shape index (κ1) is 30.9. The predicted octanol–water partition coefficient (Wildman–Crippen LogP) is 3.53. The Morgan fingerprint density at radius 1 is 1.09 bits per heavy atom. The maximum atomic E-state index is 14.1. The monoisotopic (exact) mass is 619 g/mol. The lowest BCUT2D eigenvalue weighted by molar-refractivity contribution is -0.152. The zero-order valence-electron chi connectivity index (χ0n) is 26.3. The number of benzene rings is 1. The van der Waals surface area contributed by atoms with Crippen LogP contribution in [0.25, 0.3) is 10.9 Å². The normalized spacial score (nSPS) is 30.4. The molecule has 0 spiro atoms. The molecule has 1 aromatic carbocycles. The van der Waals surface area contributed by atoms with E-state index in [9.17, 15) is 24.4 Å². The Hall–Kier alpha value is -4.14. The highest BCUT2D eigenvalue weighted by Crippen LogP contribution is 2.57. The van der Waals surface area contributed by atoms with Gasteiger partial charge in [0.25, 0.3) is 11.6 Å². The molecule has 1 aromatic heterocycles. The van der Waals surface area contributed by atoms with E-state index in [0.717, 1.165) is 32.1 Å². The van der Waals surface area contributed by atoms with Gasteiger partial charge in [0.15, 0.2) is 0 Å². The third-order valence-corrected chi connectivity index (χ3v) is 9.93. The zero-order valence-corrected chi connectivity index (χ0v) is 26.3. The predicted molar refractivity (Wildman–Crippen MR) is 162 cm³/mol. The van der Waals surface area contributed by atoms with E-state index in [4.69, 9.17) is 14.2 Å². The Labute approximate surface area is 262 Å². The largest absolute Gasteiger partial charge is 0.467 e. The number of esters is 1. The number of amides is 2. The van der Waals surface area contributed by atoms with Crippen molar-refractivity contribution in [3.05, 3.63) is 34.1 Å². The molecule has 3 heterocycles. The fraction of sp³-hybridized carbons (Fsp3) is 0.636. The summed E-state index contributed by atoms with van der Waals surface area (Å²) < 4.78 is 18.9. The number of nitrogens with zero attached hydrogens (tertiary/aromatic N) is 4. The number of nitrogens with one attached hydrogen (secondary N) is 1. The Bertz CT molecular complexity index is 1610. The van der Waals surface area contributed by atoms with Crippen LogP contribution in [0.2, 0.25) is 0 Å². The number of aromatic nitrogens is 2. The Kier molecular flexibility index (Phi) is 8.22. The number of ether oxygens (including phenoxy) is 3. The Morgan fingerprint density at radius 2 is 1.89 bits per heavy atom. The van der Waals surface area contributed by atoms with Gasteiger partial charge in [-0.3, -0.25) is 14.2 Å². The van der Waals surface area contributed by atoms with Crippen LogP contribution >= 0.6 is 0 Å². The Morgan fingerprint density at radius 3 is 2.62 bits per heavy atom. The van der Waals surface area contributed by atoms with Crippen LogP contribution in [0.1, 0.15) is 71.3 Å². The molecule has 2 bridgehead atoms. The average Bonchev–Trinajstić information content (AvgIpc) is 3.49. The third-order valence-electron chi connectivity index (χ3n) is 9.93. The second kappa shape index (κ2) is 12.0. The summed E-state index contributed by atoms with van der Waals surface area (Å²) in [4.78, 5) is 60.1. The van der Waals surface area contributed by atoms with Crippen molar-refractivity contribution in [2.24, 2.45) is 23.2 Å². The van der Waals surface area contributed by atoms with Crippen LogP contribution < -0.4 is 15.6 Å². The summed E-state index contributed by atoms with van der Waals surface area (Å²) in [5.41, 5.74) is -0.271. The zero-order chi connectivity index (χ0) is 32.0. The molecule has 6 rings (SSSR count). The SMILES string of the molecule is COC(=O)[C@@H]1C[C@@H]2CN1C(=O)[C@H](C(C)(C)C)NC(=O)O[C@@H]1CC3C[C@@H]3[C@H]1CCCCCn1c(nc3cc(C#N)ccc3c1=O)O2. The van der Waals surface area contributed by atoms with Gasteiger partial charge in [0.05, 0.1) is 36.2 Å². The van der Waals surface area contributed by atoms with Gasteiger partial charge in [0.2, 0.25) is 5.91 Å². The highest BCUT2D eigenvalue weighted by molar-refractivity contribution is 5.91. The highest BCUT2D eigenvalue weighted by atomic mass is 16.6. The van der Waals surface area contributed by atoms with Gasteiger partial charge >= 0.3 is 12.1 Å². The minimum atomic E-state index is -0.981. The molecule has 240 valence electrons. The molecule has 4 aliphatic rings. The van der Waals surface area contributed by atoms with Gasteiger partial charge in [-0.1, -0.05) is 33.6 Å². The van der Waals surface area contributed by atoms with Gasteiger partial charge in [0.1, 0.15) is 24.3 Å². The first-order valence-corrected chi connectivity index (χ1v) is 15.9. The van der Waals surface area contributed by atoms with Crippen LogP contribution in [0, 0.1) is 34.5 Å². The molecular weight excluding hydrogens is 578 g/mol. The second-order valence-electron chi connectivity index (χ2n) is 14.0. The van der Waals surface area contributed by atoms with E-state index in [1.807, 2.05) is 20.8 Å². The molecule has 1 N–H and O–H groups in total. The summed E-state index contributed by atoms with van der Waals surface area (Å²) in [5.74, 6) is 0.348. The number of carbonyl (C=O) groups excluding carboxylic acids is 3. The molecular formula is C33H41N5O7. The molecule has 2 aliphatic carbocycles. The molecule has 45 heavy (non-hydrogen) atoms. The lowest BCUT2D eigenvalue weighted by Gasteiger charge is -2.35. The number of methoxy groups -OCH3 is 1. The molecule has 2 amide bonds. The molecule has 2 aliphatic heterocycles. The summed E-state index contributed by atoms with van der Waals surface area (Å²) in [6.07, 6.45) is 4.01. The smallest absolute Gasteiger partial charge is 0.408 e. The first-order valence-electron chi connectivity index (χ1n) is 15.9. The van der Waals surface area contributed by atoms with Crippen molar-refractivity contribution in [2.45, 2.75) is 96.6 Å². The van der Waals surface area contributed by atoms with Gasteiger partial charge in [0, 0.05) is 13.0 Å². The number of alkyl carbamates (subject to hydrolysis) is 1. The minimum absolute atomic E-state index is 0.0160. The molecule has 12 heteroatoms. The van der Waals surface area contributed by atoms with E-state index >= 15 is 0 Å². The third kappa shape index (κ3) is 6.09. The van der Waals surface area contributed by atoms with E-state index in [0.29, 0.717) is 41.3 Å². The van der Waals surface area contributed by atoms with E-state index in [1.54, 1.807) is 18.2 Å². The lowest BCUT2D eigenvalue weighted by Crippen LogP contribution is -2.57. The van der Waals surface area contributed by atoms with Crippen molar-refractivity contribution in [1.29, 1.82) is 5.26 Å². The molecule has 3 fully saturated rings. The number of fused-ring (bicyclic) bond motifs is 7. The summed E-state index contributed by atoms with van der Waals surface area (Å²) >= 11 is 0. The van der Waals surface area contributed by atoms with E-state index in [2.05, 4.69) is 16.4 Å². The van der Waals surface area contributed by atoms with Crippen molar-refractivity contribution in [3.8, 4) is 12.1 Å². The van der Waals surface area contributed by atoms with Crippen molar-refractivity contribution in [3.63, 3.8) is 0 Å². The standard InChI is InChI=1S/C33H41N5O7/c1-33(2,3)27-29(40)38-17-20(15-25(38)30(41)43-4)44-31-35-24-12-18(16-34)9-10-22(24)28(39)37(31)11-7-5-6-8-21-23-13-19(23)14-26(21)45-32(42)36-27/h9-10,12,19-21,23,25-27H,5-8,11,13-15,17H2,1-4H3,(H,36,42)/t19?,20-,21-,23+,25+,26-,27-/m1/s1. The molecule has 1 unspecified atom stereocenters. The number of carbonyl (C=O) groups is 3. The molecule has 12 nitrogen and oxygen atoms in total. The quantitative estimate of drug-likeness (QED) is 0.473. The van der Waals surface area contributed by atoms with Crippen LogP contribution in [0.3, 0.4) is 0 Å². The fourth-order valence-electron chi connectivity index (χ4n) is 7.47. The second-order valence-corrected chi connectivity index (χ2v) is 14.0. The van der Waals surface area contributed by atoms with Crippen molar-refractivity contribution in [1.82, 2.24) is 19.8 Å². The van der Waals surface area contributed by atoms with Crippen LogP contribution in [0.4, 0.5) is 4.79 Å². The summed E-state index contributed by atoms with van der Waals surface area (Å²) in [7, 11) is 1.26. The molecule has 2 aromatic rings.